The molecule has 0 aromatic carbocycles. The first kappa shape index (κ1) is 8.96. The van der Waals surface area contributed by atoms with E-state index < -0.39 is 0 Å². The Balaban J connectivity index is 2.24. The van der Waals surface area contributed by atoms with Gasteiger partial charge in [0.1, 0.15) is 5.82 Å². The molecule has 0 unspecified atom stereocenters. The van der Waals surface area contributed by atoms with Crippen molar-refractivity contribution in [2.45, 2.75) is 6.54 Å². The Bertz CT molecular complexity index is 414. The number of aromatic nitrogens is 4. The maximum atomic E-state index is 4.27. The van der Waals surface area contributed by atoms with Crippen molar-refractivity contribution in [3.8, 4) is 11.4 Å². The standard InChI is InChI=1S/C9H13N5/c1-10-4-8-5-11-9(13-8)7-3-12-14(2)6-7/h3,5-6,10H,4H2,1-2H3,(H,11,13). The largest absolute Gasteiger partial charge is 0.341 e. The van der Waals surface area contributed by atoms with Crippen LogP contribution >= 0.6 is 0 Å². The summed E-state index contributed by atoms with van der Waals surface area (Å²) in [6.45, 7) is 0.799. The zero-order valence-electron chi connectivity index (χ0n) is 8.28. The average molecular weight is 191 g/mol. The molecule has 74 valence electrons. The molecule has 5 nitrogen and oxygen atoms in total. The van der Waals surface area contributed by atoms with E-state index in [4.69, 9.17) is 0 Å². The predicted octanol–water partition coefficient (Wildman–Crippen LogP) is 0.530. The van der Waals surface area contributed by atoms with Crippen molar-refractivity contribution in [2.24, 2.45) is 7.05 Å². The average Bonchev–Trinajstić information content (AvgIpc) is 2.74. The van der Waals surface area contributed by atoms with Crippen LogP contribution in [-0.4, -0.2) is 26.8 Å². The van der Waals surface area contributed by atoms with E-state index >= 15 is 0 Å². The molecule has 0 fully saturated rings. The third kappa shape index (κ3) is 1.67. The number of hydrogen-bond acceptors (Lipinski definition) is 3. The van der Waals surface area contributed by atoms with Crippen molar-refractivity contribution in [3.63, 3.8) is 0 Å². The van der Waals surface area contributed by atoms with Gasteiger partial charge < -0.3 is 10.3 Å². The number of hydrogen-bond donors (Lipinski definition) is 2. The smallest absolute Gasteiger partial charge is 0.140 e. The van der Waals surface area contributed by atoms with Crippen molar-refractivity contribution in [1.82, 2.24) is 25.1 Å². The lowest BCUT2D eigenvalue weighted by Crippen LogP contribution is -2.04. The van der Waals surface area contributed by atoms with E-state index in [0.717, 1.165) is 23.6 Å². The summed E-state index contributed by atoms with van der Waals surface area (Å²) in [6.07, 6.45) is 5.56. The second-order valence-electron chi connectivity index (χ2n) is 3.19. The molecule has 0 radical (unpaired) electrons. The fraction of sp³-hybridized carbons (Fsp3) is 0.333. The molecule has 0 saturated heterocycles. The van der Waals surface area contributed by atoms with Gasteiger partial charge in [-0.05, 0) is 7.05 Å². The lowest BCUT2D eigenvalue weighted by molar-refractivity contribution is 0.768. The number of H-pyrrole nitrogens is 1. The fourth-order valence-corrected chi connectivity index (χ4v) is 1.33. The monoisotopic (exact) mass is 191 g/mol. The van der Waals surface area contributed by atoms with Crippen LogP contribution in [0.5, 0.6) is 0 Å². The van der Waals surface area contributed by atoms with Gasteiger partial charge in [0.15, 0.2) is 0 Å². The summed E-state index contributed by atoms with van der Waals surface area (Å²) in [5.41, 5.74) is 2.08. The van der Waals surface area contributed by atoms with Gasteiger partial charge in [-0.2, -0.15) is 5.10 Å². The van der Waals surface area contributed by atoms with Crippen molar-refractivity contribution >= 4 is 0 Å². The van der Waals surface area contributed by atoms with Gasteiger partial charge in [-0.3, -0.25) is 4.68 Å². The Labute approximate surface area is 82.2 Å². The number of imidazole rings is 1. The summed E-state index contributed by atoms with van der Waals surface area (Å²) in [5, 5.41) is 7.15. The predicted molar refractivity (Wildman–Crippen MR) is 53.6 cm³/mol. The molecule has 0 atom stereocenters. The lowest BCUT2D eigenvalue weighted by atomic mass is 10.3. The van der Waals surface area contributed by atoms with Crippen LogP contribution < -0.4 is 5.32 Å². The zero-order chi connectivity index (χ0) is 9.97. The van der Waals surface area contributed by atoms with Crippen molar-refractivity contribution in [3.05, 3.63) is 24.3 Å². The second kappa shape index (κ2) is 3.63. The van der Waals surface area contributed by atoms with Gasteiger partial charge in [0.05, 0.1) is 11.8 Å². The van der Waals surface area contributed by atoms with Crippen LogP contribution in [0, 0.1) is 0 Å². The first-order valence-electron chi connectivity index (χ1n) is 4.47. The third-order valence-corrected chi connectivity index (χ3v) is 1.97. The molecule has 0 aliphatic heterocycles. The normalized spacial score (nSPS) is 10.7. The highest BCUT2D eigenvalue weighted by atomic mass is 15.2. The Kier molecular flexibility index (Phi) is 2.32. The lowest BCUT2D eigenvalue weighted by Gasteiger charge is -1.92. The molecule has 5 heteroatoms. The van der Waals surface area contributed by atoms with Gasteiger partial charge in [-0.15, -0.1) is 0 Å². The van der Waals surface area contributed by atoms with Crippen molar-refractivity contribution in [2.75, 3.05) is 7.05 Å². The van der Waals surface area contributed by atoms with Crippen molar-refractivity contribution < 1.29 is 0 Å². The minimum absolute atomic E-state index is 0.799. The number of nitrogens with one attached hydrogen (secondary N) is 2. The summed E-state index contributed by atoms with van der Waals surface area (Å²) in [4.78, 5) is 7.49. The summed E-state index contributed by atoms with van der Waals surface area (Å²) >= 11 is 0. The first-order chi connectivity index (χ1) is 6.79. The molecule has 0 amide bonds. The van der Waals surface area contributed by atoms with E-state index in [9.17, 15) is 0 Å². The molecule has 0 bridgehead atoms. The maximum Gasteiger partial charge on any atom is 0.140 e. The van der Waals surface area contributed by atoms with E-state index in [-0.39, 0.29) is 0 Å². The van der Waals surface area contributed by atoms with Crippen LogP contribution in [0.25, 0.3) is 11.4 Å². The van der Waals surface area contributed by atoms with Crippen LogP contribution in [-0.2, 0) is 13.6 Å². The Morgan fingerprint density at radius 3 is 3.00 bits per heavy atom. The number of aromatic amines is 1. The Morgan fingerprint density at radius 2 is 2.36 bits per heavy atom. The van der Waals surface area contributed by atoms with E-state index in [2.05, 4.69) is 20.4 Å². The van der Waals surface area contributed by atoms with Gasteiger partial charge in [0.2, 0.25) is 0 Å². The highest BCUT2D eigenvalue weighted by Crippen LogP contribution is 2.13. The maximum absolute atomic E-state index is 4.27. The van der Waals surface area contributed by atoms with Gasteiger partial charge in [-0.1, -0.05) is 0 Å². The summed E-state index contributed by atoms with van der Waals surface area (Å²) in [6, 6.07) is 0. The molecule has 0 aliphatic carbocycles. The van der Waals surface area contributed by atoms with Gasteiger partial charge in [0, 0.05) is 31.7 Å². The molecular weight excluding hydrogens is 178 g/mol. The molecule has 2 rings (SSSR count). The Morgan fingerprint density at radius 1 is 1.50 bits per heavy atom. The minimum Gasteiger partial charge on any atom is -0.341 e. The highest BCUT2D eigenvalue weighted by molar-refractivity contribution is 5.52. The number of aryl methyl sites for hydroxylation is 1. The summed E-state index contributed by atoms with van der Waals surface area (Å²) in [7, 11) is 3.80. The van der Waals surface area contributed by atoms with E-state index in [0.29, 0.717) is 0 Å². The topological polar surface area (TPSA) is 58.5 Å². The molecular formula is C9H13N5. The molecule has 14 heavy (non-hydrogen) atoms. The van der Waals surface area contributed by atoms with Gasteiger partial charge in [-0.25, -0.2) is 4.98 Å². The quantitative estimate of drug-likeness (QED) is 0.744. The van der Waals surface area contributed by atoms with Crippen LogP contribution in [0.4, 0.5) is 0 Å². The summed E-state index contributed by atoms with van der Waals surface area (Å²) < 4.78 is 1.76. The molecule has 0 saturated carbocycles. The van der Waals surface area contributed by atoms with Crippen LogP contribution in [0.2, 0.25) is 0 Å². The molecule has 2 heterocycles. The molecule has 2 aromatic rings. The number of rotatable bonds is 3. The van der Waals surface area contributed by atoms with E-state index in [1.54, 1.807) is 10.9 Å². The SMILES string of the molecule is CNCc1cnc(-c2cnn(C)c2)[nH]1. The first-order valence-corrected chi connectivity index (χ1v) is 4.47. The second-order valence-corrected chi connectivity index (χ2v) is 3.19. The van der Waals surface area contributed by atoms with Crippen LogP contribution in [0.1, 0.15) is 5.69 Å². The van der Waals surface area contributed by atoms with Crippen LogP contribution in [0.3, 0.4) is 0 Å². The third-order valence-electron chi connectivity index (χ3n) is 1.97. The van der Waals surface area contributed by atoms with Crippen LogP contribution in [0.15, 0.2) is 18.6 Å². The van der Waals surface area contributed by atoms with Gasteiger partial charge in [0.25, 0.3) is 0 Å². The van der Waals surface area contributed by atoms with E-state index in [1.165, 1.54) is 0 Å². The summed E-state index contributed by atoms with van der Waals surface area (Å²) in [5.74, 6) is 0.864. The minimum atomic E-state index is 0.799. The molecule has 0 spiro atoms. The fourth-order valence-electron chi connectivity index (χ4n) is 1.33. The molecule has 0 aliphatic rings. The highest BCUT2D eigenvalue weighted by Gasteiger charge is 2.04. The molecule has 2 N–H and O–H groups in total. The van der Waals surface area contributed by atoms with Gasteiger partial charge >= 0.3 is 0 Å². The number of nitrogens with zero attached hydrogens (tertiary/aromatic N) is 3. The Hall–Kier alpha value is -1.62. The molecule has 2 aromatic heterocycles. The zero-order valence-corrected chi connectivity index (χ0v) is 8.28. The van der Waals surface area contributed by atoms with Crippen molar-refractivity contribution in [1.29, 1.82) is 0 Å². The van der Waals surface area contributed by atoms with E-state index in [1.807, 2.05) is 26.5 Å².